The minimum atomic E-state index is -0.133. The number of hydrogen-bond donors (Lipinski definition) is 0. The van der Waals surface area contributed by atoms with Crippen LogP contribution < -0.4 is 34.7 Å². The second kappa shape index (κ2) is 9.44. The molecule has 72 valence electrons. The van der Waals surface area contributed by atoms with Crippen molar-refractivity contribution >= 4 is 0 Å². The molecule has 0 bridgehead atoms. The van der Waals surface area contributed by atoms with Gasteiger partial charge in [-0.15, -0.1) is 6.61 Å². The van der Waals surface area contributed by atoms with E-state index in [1.807, 2.05) is 0 Å². The second-order valence-corrected chi connectivity index (χ2v) is 3.09. The Morgan fingerprint density at radius 2 is 2.15 bits per heavy atom. The summed E-state index contributed by atoms with van der Waals surface area (Å²) < 4.78 is 10.6. The molecule has 0 aromatic carbocycles. The van der Waals surface area contributed by atoms with Crippen LogP contribution >= 0.6 is 0 Å². The molecule has 4 heteroatoms. The van der Waals surface area contributed by atoms with Crippen molar-refractivity contribution in [2.24, 2.45) is 0 Å². The summed E-state index contributed by atoms with van der Waals surface area (Å²) in [5.74, 6) is 0. The number of rotatable bonds is 5. The van der Waals surface area contributed by atoms with Gasteiger partial charge in [-0.05, 0) is 25.7 Å². The van der Waals surface area contributed by atoms with Gasteiger partial charge in [-0.1, -0.05) is 0 Å². The molecule has 1 heterocycles. The van der Waals surface area contributed by atoms with E-state index in [1.165, 1.54) is 12.8 Å². The van der Waals surface area contributed by atoms with Gasteiger partial charge >= 0.3 is 29.6 Å². The Morgan fingerprint density at radius 1 is 1.31 bits per heavy atom. The standard InChI is InChI=1S/C9H17O3.Na/c10-5-8-11-7-4-9-3-1-2-6-12-9;/h9H,1-8H2;/q-1;+1. The van der Waals surface area contributed by atoms with E-state index < -0.39 is 0 Å². The summed E-state index contributed by atoms with van der Waals surface area (Å²) in [7, 11) is 0. The van der Waals surface area contributed by atoms with E-state index in [2.05, 4.69) is 0 Å². The van der Waals surface area contributed by atoms with Gasteiger partial charge in [-0.25, -0.2) is 0 Å². The number of hydrogen-bond acceptors (Lipinski definition) is 3. The predicted molar refractivity (Wildman–Crippen MR) is 43.9 cm³/mol. The van der Waals surface area contributed by atoms with Crippen LogP contribution in [0, 0.1) is 0 Å². The van der Waals surface area contributed by atoms with Crippen molar-refractivity contribution in [3.63, 3.8) is 0 Å². The van der Waals surface area contributed by atoms with Crippen molar-refractivity contribution in [3.05, 3.63) is 0 Å². The Kier molecular flexibility index (Phi) is 10.1. The summed E-state index contributed by atoms with van der Waals surface area (Å²) in [5, 5.41) is 10.0. The molecule has 0 aliphatic carbocycles. The molecule has 1 aliphatic rings. The first-order valence-electron chi connectivity index (χ1n) is 4.71. The van der Waals surface area contributed by atoms with Gasteiger partial charge in [0, 0.05) is 19.8 Å². The molecule has 0 aromatic heterocycles. The fourth-order valence-electron chi connectivity index (χ4n) is 1.41. The topological polar surface area (TPSA) is 41.5 Å². The SMILES string of the molecule is [Na+].[O-]CCOCCC1CCCCO1. The van der Waals surface area contributed by atoms with Crippen molar-refractivity contribution in [2.75, 3.05) is 26.4 Å². The molecule has 1 unspecified atom stereocenters. The second-order valence-electron chi connectivity index (χ2n) is 3.09. The first kappa shape index (κ1) is 13.9. The van der Waals surface area contributed by atoms with Crippen molar-refractivity contribution in [1.82, 2.24) is 0 Å². The first-order chi connectivity index (χ1) is 5.93. The van der Waals surface area contributed by atoms with Crippen LogP contribution in [-0.4, -0.2) is 32.5 Å². The van der Waals surface area contributed by atoms with Crippen LogP contribution in [0.5, 0.6) is 0 Å². The molecule has 0 N–H and O–H groups in total. The Labute approximate surface area is 102 Å². The molecule has 1 aliphatic heterocycles. The van der Waals surface area contributed by atoms with Gasteiger partial charge in [0.05, 0.1) is 6.10 Å². The van der Waals surface area contributed by atoms with Crippen LogP contribution in [0.25, 0.3) is 0 Å². The third-order valence-corrected chi connectivity index (χ3v) is 2.09. The van der Waals surface area contributed by atoms with Gasteiger partial charge in [-0.2, -0.15) is 0 Å². The van der Waals surface area contributed by atoms with Crippen LogP contribution in [0.3, 0.4) is 0 Å². The van der Waals surface area contributed by atoms with Gasteiger partial charge in [0.15, 0.2) is 0 Å². The van der Waals surface area contributed by atoms with Crippen LogP contribution in [0.1, 0.15) is 25.7 Å². The summed E-state index contributed by atoms with van der Waals surface area (Å²) in [6.45, 7) is 1.78. The summed E-state index contributed by atoms with van der Waals surface area (Å²) in [4.78, 5) is 0. The van der Waals surface area contributed by atoms with Crippen molar-refractivity contribution in [2.45, 2.75) is 31.8 Å². The Bertz CT molecular complexity index is 105. The third-order valence-electron chi connectivity index (χ3n) is 2.09. The molecule has 1 atom stereocenters. The van der Waals surface area contributed by atoms with Crippen molar-refractivity contribution in [3.8, 4) is 0 Å². The fourth-order valence-corrected chi connectivity index (χ4v) is 1.41. The Hall–Kier alpha value is 0.880. The molecular weight excluding hydrogens is 179 g/mol. The van der Waals surface area contributed by atoms with Gasteiger partial charge in [-0.3, -0.25) is 0 Å². The fraction of sp³-hybridized carbons (Fsp3) is 1.00. The number of ether oxygens (including phenoxy) is 2. The van der Waals surface area contributed by atoms with Gasteiger partial charge in [0.25, 0.3) is 0 Å². The van der Waals surface area contributed by atoms with Gasteiger partial charge in [0.2, 0.25) is 0 Å². The van der Waals surface area contributed by atoms with Crippen molar-refractivity contribution < 1.29 is 44.1 Å². The van der Waals surface area contributed by atoms with E-state index in [9.17, 15) is 5.11 Å². The van der Waals surface area contributed by atoms with Crippen LogP contribution in [-0.2, 0) is 9.47 Å². The van der Waals surface area contributed by atoms with E-state index in [0.717, 1.165) is 19.4 Å². The molecule has 1 fully saturated rings. The smallest absolute Gasteiger partial charge is 0.853 e. The van der Waals surface area contributed by atoms with E-state index in [1.54, 1.807) is 0 Å². The van der Waals surface area contributed by atoms with E-state index in [4.69, 9.17) is 9.47 Å². The molecule has 0 radical (unpaired) electrons. The summed E-state index contributed by atoms with van der Waals surface area (Å²) in [6.07, 6.45) is 4.94. The van der Waals surface area contributed by atoms with Gasteiger partial charge in [0.1, 0.15) is 0 Å². The summed E-state index contributed by atoms with van der Waals surface area (Å²) in [5.41, 5.74) is 0. The average molecular weight is 196 g/mol. The molecular formula is C9H17NaO3. The zero-order chi connectivity index (χ0) is 8.65. The van der Waals surface area contributed by atoms with E-state index >= 15 is 0 Å². The molecule has 0 amide bonds. The summed E-state index contributed by atoms with van der Waals surface area (Å²) in [6, 6.07) is 0. The zero-order valence-electron chi connectivity index (χ0n) is 8.46. The molecule has 13 heavy (non-hydrogen) atoms. The van der Waals surface area contributed by atoms with E-state index in [-0.39, 0.29) is 36.2 Å². The molecule has 0 saturated carbocycles. The molecule has 0 spiro atoms. The minimum absolute atomic E-state index is 0. The zero-order valence-corrected chi connectivity index (χ0v) is 10.5. The maximum Gasteiger partial charge on any atom is 1.00 e. The molecule has 1 saturated heterocycles. The molecule has 1 rings (SSSR count). The predicted octanol–water partition coefficient (Wildman–Crippen LogP) is -2.67. The van der Waals surface area contributed by atoms with Crippen molar-refractivity contribution in [1.29, 1.82) is 0 Å². The van der Waals surface area contributed by atoms with Crippen LogP contribution in [0.15, 0.2) is 0 Å². The maximum absolute atomic E-state index is 10.0. The molecule has 0 aromatic rings. The van der Waals surface area contributed by atoms with Gasteiger partial charge < -0.3 is 14.6 Å². The average Bonchev–Trinajstić information content (AvgIpc) is 2.14. The van der Waals surface area contributed by atoms with E-state index in [0.29, 0.717) is 19.3 Å². The quantitative estimate of drug-likeness (QED) is 0.355. The normalized spacial score (nSPS) is 22.4. The molecule has 3 nitrogen and oxygen atoms in total. The summed E-state index contributed by atoms with van der Waals surface area (Å²) >= 11 is 0. The van der Waals surface area contributed by atoms with Crippen LogP contribution in [0.2, 0.25) is 0 Å². The maximum atomic E-state index is 10.0. The van der Waals surface area contributed by atoms with Crippen LogP contribution in [0.4, 0.5) is 0 Å². The Balaban J connectivity index is 0.00000144. The monoisotopic (exact) mass is 196 g/mol. The Morgan fingerprint density at radius 3 is 2.77 bits per heavy atom. The minimum Gasteiger partial charge on any atom is -0.853 e. The largest absolute Gasteiger partial charge is 1.00 e. The first-order valence-corrected chi connectivity index (χ1v) is 4.71. The third kappa shape index (κ3) is 6.89.